The van der Waals surface area contributed by atoms with Crippen LogP contribution >= 0.6 is 0 Å². The maximum atomic E-state index is 3.54. The van der Waals surface area contributed by atoms with Crippen LogP contribution in [0.15, 0.2) is 0 Å². The molecule has 0 aromatic heterocycles. The largest absolute Gasteiger partial charge is 0.289 e. The fraction of sp³-hybridized carbons (Fsp3) is 0.826. The quantitative estimate of drug-likeness (QED) is 0.654. The topological polar surface area (TPSA) is 6.48 Å². The maximum Gasteiger partial charge on any atom is 0.0843 e. The zero-order chi connectivity index (χ0) is 20.1. The second-order valence-corrected chi connectivity index (χ2v) is 10.4. The van der Waals surface area contributed by atoms with E-state index in [-0.39, 0.29) is 22.4 Å². The van der Waals surface area contributed by atoms with Crippen LogP contribution in [0.2, 0.25) is 0 Å². The van der Waals surface area contributed by atoms with Crippen molar-refractivity contribution >= 4 is 0 Å². The number of hydrogen-bond acceptors (Lipinski definition) is 2. The molecule has 25 heavy (non-hydrogen) atoms. The van der Waals surface area contributed by atoms with Gasteiger partial charge in [0.1, 0.15) is 0 Å². The second-order valence-electron chi connectivity index (χ2n) is 10.4. The van der Waals surface area contributed by atoms with Gasteiger partial charge >= 0.3 is 0 Å². The van der Waals surface area contributed by atoms with Crippen molar-refractivity contribution < 1.29 is 0 Å². The highest BCUT2D eigenvalue weighted by molar-refractivity contribution is 5.15. The molecule has 2 heteroatoms. The lowest BCUT2D eigenvalue weighted by Gasteiger charge is -2.39. The minimum atomic E-state index is 0.0225. The molecule has 0 spiro atoms. The van der Waals surface area contributed by atoms with Crippen molar-refractivity contribution in [2.75, 3.05) is 20.1 Å². The van der Waals surface area contributed by atoms with E-state index >= 15 is 0 Å². The van der Waals surface area contributed by atoms with Crippen LogP contribution in [0.5, 0.6) is 0 Å². The average molecular weight is 347 g/mol. The molecule has 0 fully saturated rings. The number of nitrogens with zero attached hydrogens (tertiary/aromatic N) is 2. The van der Waals surface area contributed by atoms with Crippen molar-refractivity contribution in [2.45, 2.75) is 93.8 Å². The van der Waals surface area contributed by atoms with E-state index in [9.17, 15) is 0 Å². The van der Waals surface area contributed by atoms with Crippen molar-refractivity contribution in [2.24, 2.45) is 10.8 Å². The normalized spacial score (nSPS) is 14.2. The van der Waals surface area contributed by atoms with E-state index in [1.807, 2.05) is 0 Å². The highest BCUT2D eigenvalue weighted by atomic mass is 15.2. The molecule has 1 unspecified atom stereocenters. The van der Waals surface area contributed by atoms with Crippen molar-refractivity contribution in [3.63, 3.8) is 0 Å². The summed E-state index contributed by atoms with van der Waals surface area (Å²) in [7, 11) is 2.17. The molecule has 0 heterocycles. The summed E-state index contributed by atoms with van der Waals surface area (Å²) in [6.07, 6.45) is 0. The van der Waals surface area contributed by atoms with E-state index in [2.05, 4.69) is 117 Å². The Hall–Kier alpha value is -0.960. The maximum absolute atomic E-state index is 3.54. The Balaban J connectivity index is 5.51. The third kappa shape index (κ3) is 11.3. The van der Waals surface area contributed by atoms with Crippen LogP contribution in [-0.4, -0.2) is 47.6 Å². The van der Waals surface area contributed by atoms with Gasteiger partial charge in [0.15, 0.2) is 0 Å². The SMILES string of the molecule is CC(C)N(C)C(C#CC(C)(C)C)CN(CC#CC(C)(C)C)C(C)(C)C. The summed E-state index contributed by atoms with van der Waals surface area (Å²) < 4.78 is 0. The monoisotopic (exact) mass is 346 g/mol. The number of rotatable bonds is 5. The van der Waals surface area contributed by atoms with Crippen molar-refractivity contribution in [3.05, 3.63) is 0 Å². The number of likely N-dealkylation sites (N-methyl/N-ethyl adjacent to an activating group) is 1. The van der Waals surface area contributed by atoms with Gasteiger partial charge in [0.05, 0.1) is 12.6 Å². The fourth-order valence-electron chi connectivity index (χ4n) is 2.12. The Morgan fingerprint density at radius 1 is 0.800 bits per heavy atom. The molecule has 0 N–H and O–H groups in total. The second kappa shape index (κ2) is 9.12. The van der Waals surface area contributed by atoms with Gasteiger partial charge in [0.2, 0.25) is 0 Å². The Labute approximate surface area is 158 Å². The molecule has 0 bridgehead atoms. The Kier molecular flexibility index (Phi) is 8.77. The van der Waals surface area contributed by atoms with Gasteiger partial charge in [0.25, 0.3) is 0 Å². The van der Waals surface area contributed by atoms with Gasteiger partial charge in [0, 0.05) is 29.0 Å². The summed E-state index contributed by atoms with van der Waals surface area (Å²) >= 11 is 0. The summed E-state index contributed by atoms with van der Waals surface area (Å²) in [6.45, 7) is 25.9. The Morgan fingerprint density at radius 3 is 1.64 bits per heavy atom. The first kappa shape index (κ1) is 24.0. The van der Waals surface area contributed by atoms with Gasteiger partial charge in [-0.2, -0.15) is 0 Å². The van der Waals surface area contributed by atoms with Crippen LogP contribution in [0.1, 0.15) is 76.2 Å². The molecule has 0 rings (SSSR count). The average Bonchev–Trinajstić information content (AvgIpc) is 2.36. The predicted molar refractivity (Wildman–Crippen MR) is 112 cm³/mol. The third-order valence-corrected chi connectivity index (χ3v) is 4.00. The highest BCUT2D eigenvalue weighted by Gasteiger charge is 2.26. The molecule has 144 valence electrons. The summed E-state index contributed by atoms with van der Waals surface area (Å²) in [5.74, 6) is 13.7. The van der Waals surface area contributed by atoms with E-state index < -0.39 is 0 Å². The summed E-state index contributed by atoms with van der Waals surface area (Å²) in [6, 6.07) is 0.664. The first-order valence-electron chi connectivity index (χ1n) is 9.52. The van der Waals surface area contributed by atoms with E-state index in [1.165, 1.54) is 0 Å². The molecule has 0 amide bonds. The van der Waals surface area contributed by atoms with Crippen molar-refractivity contribution in [1.29, 1.82) is 0 Å². The summed E-state index contributed by atoms with van der Waals surface area (Å²) in [4.78, 5) is 4.82. The van der Waals surface area contributed by atoms with Crippen LogP contribution in [0.3, 0.4) is 0 Å². The van der Waals surface area contributed by atoms with Gasteiger partial charge in [-0.25, -0.2) is 0 Å². The fourth-order valence-corrected chi connectivity index (χ4v) is 2.12. The zero-order valence-corrected chi connectivity index (χ0v) is 19.0. The smallest absolute Gasteiger partial charge is 0.0843 e. The zero-order valence-electron chi connectivity index (χ0n) is 19.0. The Morgan fingerprint density at radius 2 is 1.28 bits per heavy atom. The Bertz CT molecular complexity index is 515. The van der Waals surface area contributed by atoms with E-state index in [4.69, 9.17) is 0 Å². The summed E-state index contributed by atoms with van der Waals surface area (Å²) in [5, 5.41) is 0. The van der Waals surface area contributed by atoms with Crippen molar-refractivity contribution in [1.82, 2.24) is 9.80 Å². The van der Waals surface area contributed by atoms with Crippen LogP contribution in [0, 0.1) is 34.5 Å². The van der Waals surface area contributed by atoms with Crippen LogP contribution in [-0.2, 0) is 0 Å². The van der Waals surface area contributed by atoms with Crippen LogP contribution in [0.4, 0.5) is 0 Å². The van der Waals surface area contributed by atoms with E-state index in [0.717, 1.165) is 13.1 Å². The molecule has 0 saturated carbocycles. The standard InChI is InChI=1S/C23H42N2/c1-19(2)24(12)20(14-16-22(6,7)8)18-25(23(9,10)11)17-13-15-21(3,4)5/h19-20H,17-18H2,1-12H3. The van der Waals surface area contributed by atoms with Gasteiger partial charge < -0.3 is 0 Å². The van der Waals surface area contributed by atoms with Gasteiger partial charge in [-0.15, -0.1) is 0 Å². The molecule has 0 aromatic carbocycles. The molecule has 0 aliphatic heterocycles. The lowest BCUT2D eigenvalue weighted by molar-refractivity contribution is 0.110. The van der Waals surface area contributed by atoms with Crippen LogP contribution < -0.4 is 0 Å². The lowest BCUT2D eigenvalue weighted by atomic mass is 9.96. The van der Waals surface area contributed by atoms with Gasteiger partial charge in [-0.3, -0.25) is 9.80 Å². The summed E-state index contributed by atoms with van der Waals surface area (Å²) in [5.41, 5.74) is 0.129. The van der Waals surface area contributed by atoms with Gasteiger partial charge in [-0.05, 0) is 83.2 Å². The first-order valence-corrected chi connectivity index (χ1v) is 9.52. The number of hydrogen-bond donors (Lipinski definition) is 0. The minimum Gasteiger partial charge on any atom is -0.289 e. The highest BCUT2D eigenvalue weighted by Crippen LogP contribution is 2.17. The first-order chi connectivity index (χ1) is 11.0. The van der Waals surface area contributed by atoms with E-state index in [0.29, 0.717) is 6.04 Å². The minimum absolute atomic E-state index is 0.0225. The molecule has 0 aliphatic rings. The third-order valence-electron chi connectivity index (χ3n) is 4.00. The molecule has 0 aliphatic carbocycles. The van der Waals surface area contributed by atoms with Crippen LogP contribution in [0.25, 0.3) is 0 Å². The van der Waals surface area contributed by atoms with E-state index in [1.54, 1.807) is 0 Å². The molecule has 0 radical (unpaired) electrons. The molecule has 0 saturated heterocycles. The molecule has 1 atom stereocenters. The predicted octanol–water partition coefficient (Wildman–Crippen LogP) is 4.89. The van der Waals surface area contributed by atoms with Crippen molar-refractivity contribution in [3.8, 4) is 23.7 Å². The molecular formula is C23H42N2. The lowest BCUT2D eigenvalue weighted by Crippen LogP contribution is -2.50. The molecular weight excluding hydrogens is 304 g/mol. The molecule has 0 aromatic rings. The molecule has 2 nitrogen and oxygen atoms in total. The van der Waals surface area contributed by atoms with Gasteiger partial charge in [-0.1, -0.05) is 23.7 Å².